The van der Waals surface area contributed by atoms with E-state index in [0.29, 0.717) is 31.7 Å². The average molecular weight is 394 g/mol. The molecule has 156 valence electrons. The summed E-state index contributed by atoms with van der Waals surface area (Å²) in [6, 6.07) is 7.25. The largest absolute Gasteiger partial charge is 0.482 e. The van der Waals surface area contributed by atoms with Crippen LogP contribution in [-0.4, -0.2) is 50.4 Å². The van der Waals surface area contributed by atoms with Gasteiger partial charge in [0.05, 0.1) is 7.11 Å². The molecule has 0 aliphatic heterocycles. The van der Waals surface area contributed by atoms with Crippen LogP contribution < -0.4 is 15.4 Å². The van der Waals surface area contributed by atoms with E-state index in [2.05, 4.69) is 15.4 Å². The summed E-state index contributed by atoms with van der Waals surface area (Å²) >= 11 is 0. The van der Waals surface area contributed by atoms with Gasteiger partial charge in [-0.05, 0) is 45.2 Å². The van der Waals surface area contributed by atoms with Crippen molar-refractivity contribution < 1.29 is 28.6 Å². The molecule has 0 unspecified atom stereocenters. The maximum Gasteiger partial charge on any atom is 0.407 e. The summed E-state index contributed by atoms with van der Waals surface area (Å²) in [5.74, 6) is -0.00478. The van der Waals surface area contributed by atoms with Crippen molar-refractivity contribution in [3.05, 3.63) is 29.8 Å². The number of esters is 1. The van der Waals surface area contributed by atoms with Gasteiger partial charge in [-0.25, -0.2) is 9.59 Å². The highest BCUT2D eigenvalue weighted by atomic mass is 16.6. The quantitative estimate of drug-likeness (QED) is 0.466. The summed E-state index contributed by atoms with van der Waals surface area (Å²) in [7, 11) is 1.30. The molecule has 8 nitrogen and oxygen atoms in total. The molecule has 0 aliphatic carbocycles. The molecular weight excluding hydrogens is 364 g/mol. The van der Waals surface area contributed by atoms with Crippen LogP contribution in [0.4, 0.5) is 4.79 Å². The van der Waals surface area contributed by atoms with Crippen molar-refractivity contribution in [3.8, 4) is 5.75 Å². The summed E-state index contributed by atoms with van der Waals surface area (Å²) in [5, 5.41) is 5.45. The number of aryl methyl sites for hydroxylation is 1. The zero-order valence-corrected chi connectivity index (χ0v) is 17.0. The molecule has 8 heteroatoms. The highest BCUT2D eigenvalue weighted by Gasteiger charge is 2.15. The van der Waals surface area contributed by atoms with Gasteiger partial charge in [0.1, 0.15) is 11.4 Å². The number of nitrogens with one attached hydrogen (secondary N) is 2. The molecule has 0 atom stereocenters. The monoisotopic (exact) mass is 394 g/mol. The molecule has 0 saturated carbocycles. The Morgan fingerprint density at radius 1 is 1.04 bits per heavy atom. The Balaban J connectivity index is 2.26. The van der Waals surface area contributed by atoms with Crippen LogP contribution in [0.5, 0.6) is 5.75 Å². The van der Waals surface area contributed by atoms with Gasteiger partial charge in [-0.2, -0.15) is 0 Å². The van der Waals surface area contributed by atoms with Crippen molar-refractivity contribution in [3.63, 3.8) is 0 Å². The predicted molar refractivity (Wildman–Crippen MR) is 104 cm³/mol. The number of rotatable bonds is 10. The van der Waals surface area contributed by atoms with Gasteiger partial charge in [0.15, 0.2) is 6.61 Å². The van der Waals surface area contributed by atoms with Crippen molar-refractivity contribution in [2.75, 3.05) is 26.8 Å². The van der Waals surface area contributed by atoms with Gasteiger partial charge in [0, 0.05) is 19.5 Å². The van der Waals surface area contributed by atoms with Crippen molar-refractivity contribution in [1.29, 1.82) is 0 Å². The third-order valence-corrected chi connectivity index (χ3v) is 3.51. The van der Waals surface area contributed by atoms with Gasteiger partial charge in [-0.3, -0.25) is 4.79 Å². The molecule has 0 fully saturated rings. The van der Waals surface area contributed by atoms with E-state index in [1.807, 2.05) is 12.1 Å². The Kier molecular flexibility index (Phi) is 9.84. The van der Waals surface area contributed by atoms with Gasteiger partial charge in [-0.1, -0.05) is 18.2 Å². The lowest BCUT2D eigenvalue weighted by atomic mass is 10.1. The molecule has 0 aliphatic rings. The lowest BCUT2D eigenvalue weighted by Crippen LogP contribution is -2.34. The second-order valence-corrected chi connectivity index (χ2v) is 7.10. The Bertz CT molecular complexity index is 654. The van der Waals surface area contributed by atoms with Gasteiger partial charge in [-0.15, -0.1) is 0 Å². The van der Waals surface area contributed by atoms with E-state index in [4.69, 9.17) is 9.47 Å². The molecule has 1 aromatic rings. The van der Waals surface area contributed by atoms with E-state index in [-0.39, 0.29) is 18.9 Å². The zero-order valence-electron chi connectivity index (χ0n) is 17.0. The van der Waals surface area contributed by atoms with E-state index >= 15 is 0 Å². The minimum Gasteiger partial charge on any atom is -0.482 e. The van der Waals surface area contributed by atoms with Gasteiger partial charge in [0.2, 0.25) is 5.91 Å². The molecule has 1 rings (SSSR count). The fourth-order valence-corrected chi connectivity index (χ4v) is 2.20. The number of carbonyl (C=O) groups excluding carboxylic acids is 3. The number of carbonyl (C=O) groups is 3. The SMILES string of the molecule is COC(=O)COc1ccccc1CCC(=O)NCCCNC(=O)OC(C)(C)C. The minimum absolute atomic E-state index is 0.0972. The summed E-state index contributed by atoms with van der Waals surface area (Å²) in [6.45, 7) is 6.08. The molecular formula is C20H30N2O6. The van der Waals surface area contributed by atoms with Gasteiger partial charge >= 0.3 is 12.1 Å². The molecule has 1 aromatic carbocycles. The van der Waals surface area contributed by atoms with Crippen LogP contribution in [0.3, 0.4) is 0 Å². The Morgan fingerprint density at radius 3 is 2.39 bits per heavy atom. The number of hydrogen-bond donors (Lipinski definition) is 2. The van der Waals surface area contributed by atoms with E-state index < -0.39 is 17.7 Å². The topological polar surface area (TPSA) is 103 Å². The maximum absolute atomic E-state index is 12.0. The first kappa shape index (κ1) is 23.3. The summed E-state index contributed by atoms with van der Waals surface area (Å²) in [4.78, 5) is 34.7. The van der Waals surface area contributed by atoms with Crippen LogP contribution in [0.1, 0.15) is 39.2 Å². The lowest BCUT2D eigenvalue weighted by Gasteiger charge is -2.19. The number of benzene rings is 1. The van der Waals surface area contributed by atoms with Crippen LogP contribution >= 0.6 is 0 Å². The first-order chi connectivity index (χ1) is 13.2. The molecule has 2 amide bonds. The van der Waals surface area contributed by atoms with Crippen LogP contribution in [0.2, 0.25) is 0 Å². The number of ether oxygens (including phenoxy) is 3. The minimum atomic E-state index is -0.533. The smallest absolute Gasteiger partial charge is 0.407 e. The number of alkyl carbamates (subject to hydrolysis) is 1. The van der Waals surface area contributed by atoms with E-state index in [1.54, 1.807) is 32.9 Å². The number of hydrogen-bond acceptors (Lipinski definition) is 6. The molecule has 0 heterocycles. The second kappa shape index (κ2) is 11.8. The highest BCUT2D eigenvalue weighted by Crippen LogP contribution is 2.19. The zero-order chi connectivity index (χ0) is 21.0. The number of amides is 2. The fraction of sp³-hybridized carbons (Fsp3) is 0.550. The summed E-state index contributed by atoms with van der Waals surface area (Å²) < 4.78 is 15.1. The van der Waals surface area contributed by atoms with Crippen molar-refractivity contribution in [1.82, 2.24) is 10.6 Å². The third kappa shape index (κ3) is 10.4. The van der Waals surface area contributed by atoms with Crippen molar-refractivity contribution in [2.24, 2.45) is 0 Å². The summed E-state index contributed by atoms with van der Waals surface area (Å²) in [6.07, 6.45) is 0.906. The van der Waals surface area contributed by atoms with Crippen LogP contribution in [0, 0.1) is 0 Å². The molecule has 0 bridgehead atoms. The highest BCUT2D eigenvalue weighted by molar-refractivity contribution is 5.76. The Hall–Kier alpha value is -2.77. The van der Waals surface area contributed by atoms with Crippen LogP contribution in [0.15, 0.2) is 24.3 Å². The molecule has 0 aromatic heterocycles. The molecule has 0 spiro atoms. The lowest BCUT2D eigenvalue weighted by molar-refractivity contribution is -0.143. The predicted octanol–water partition coefficient (Wildman–Crippen LogP) is 2.20. The fourth-order valence-electron chi connectivity index (χ4n) is 2.20. The molecule has 0 radical (unpaired) electrons. The molecule has 0 saturated heterocycles. The van der Waals surface area contributed by atoms with E-state index in [9.17, 15) is 14.4 Å². The van der Waals surface area contributed by atoms with Gasteiger partial charge < -0.3 is 24.8 Å². The van der Waals surface area contributed by atoms with Gasteiger partial charge in [0.25, 0.3) is 0 Å². The van der Waals surface area contributed by atoms with E-state index in [0.717, 1.165) is 5.56 Å². The second-order valence-electron chi connectivity index (χ2n) is 7.10. The molecule has 2 N–H and O–H groups in total. The Labute approximate surface area is 165 Å². The Morgan fingerprint density at radius 2 is 1.71 bits per heavy atom. The average Bonchev–Trinajstić information content (AvgIpc) is 2.63. The first-order valence-electron chi connectivity index (χ1n) is 9.22. The first-order valence-corrected chi connectivity index (χ1v) is 9.22. The maximum atomic E-state index is 12.0. The molecule has 28 heavy (non-hydrogen) atoms. The number of para-hydroxylation sites is 1. The standard InChI is InChI=1S/C20H30N2O6/c1-20(2,3)28-19(25)22-13-7-12-21-17(23)11-10-15-8-5-6-9-16(15)27-14-18(24)26-4/h5-6,8-9H,7,10-14H2,1-4H3,(H,21,23)(H,22,25). The normalized spacial score (nSPS) is 10.7. The number of methoxy groups -OCH3 is 1. The van der Waals surface area contributed by atoms with Crippen LogP contribution in [-0.2, 0) is 25.5 Å². The van der Waals surface area contributed by atoms with E-state index in [1.165, 1.54) is 7.11 Å². The summed E-state index contributed by atoms with van der Waals surface area (Å²) in [5.41, 5.74) is 0.308. The van der Waals surface area contributed by atoms with Crippen molar-refractivity contribution in [2.45, 2.75) is 45.6 Å². The van der Waals surface area contributed by atoms with Crippen molar-refractivity contribution >= 4 is 18.0 Å². The third-order valence-electron chi connectivity index (χ3n) is 3.51. The van der Waals surface area contributed by atoms with Crippen LogP contribution in [0.25, 0.3) is 0 Å².